The first-order chi connectivity index (χ1) is 10.0. The van der Waals surface area contributed by atoms with Gasteiger partial charge in [0.05, 0.1) is 5.54 Å². The van der Waals surface area contributed by atoms with E-state index in [1.54, 1.807) is 6.92 Å². The Hall–Kier alpha value is -1.88. The minimum Gasteiger partial charge on any atom is -0.350 e. The molecule has 114 valence electrons. The summed E-state index contributed by atoms with van der Waals surface area (Å²) in [7, 11) is 0. The fraction of sp³-hybridized carbons (Fsp3) is 0.500. The van der Waals surface area contributed by atoms with Crippen LogP contribution in [-0.2, 0) is 16.1 Å². The zero-order valence-electron chi connectivity index (χ0n) is 12.6. The van der Waals surface area contributed by atoms with Crippen LogP contribution in [0, 0.1) is 0 Å². The van der Waals surface area contributed by atoms with Crippen LogP contribution in [0.5, 0.6) is 0 Å². The summed E-state index contributed by atoms with van der Waals surface area (Å²) in [6, 6.07) is 9.16. The summed E-state index contributed by atoms with van der Waals surface area (Å²) >= 11 is 0. The number of hydrogen-bond donors (Lipinski definition) is 3. The van der Waals surface area contributed by atoms with Crippen molar-refractivity contribution in [2.24, 2.45) is 0 Å². The summed E-state index contributed by atoms with van der Waals surface area (Å²) in [6.07, 6.45) is 1.79. The van der Waals surface area contributed by atoms with Crippen LogP contribution in [0.2, 0.25) is 0 Å². The highest BCUT2D eigenvalue weighted by Crippen LogP contribution is 2.18. The first-order valence-electron chi connectivity index (χ1n) is 7.39. The molecule has 1 unspecified atom stereocenters. The Bertz CT molecular complexity index is 496. The normalized spacial score (nSPS) is 22.6. The van der Waals surface area contributed by atoms with E-state index in [0.717, 1.165) is 24.9 Å². The molecule has 2 atom stereocenters. The first-order valence-corrected chi connectivity index (χ1v) is 7.39. The van der Waals surface area contributed by atoms with Crippen LogP contribution in [-0.4, -0.2) is 29.9 Å². The molecule has 1 fully saturated rings. The lowest BCUT2D eigenvalue weighted by Crippen LogP contribution is -2.56. The predicted molar refractivity (Wildman–Crippen MR) is 81.5 cm³/mol. The summed E-state index contributed by atoms with van der Waals surface area (Å²) in [5, 5.41) is 8.81. The van der Waals surface area contributed by atoms with Crippen molar-refractivity contribution in [2.45, 2.75) is 44.8 Å². The van der Waals surface area contributed by atoms with Crippen molar-refractivity contribution in [3.05, 3.63) is 35.9 Å². The molecule has 2 rings (SSSR count). The molecule has 0 aromatic heterocycles. The fourth-order valence-electron chi connectivity index (χ4n) is 2.45. The van der Waals surface area contributed by atoms with Gasteiger partial charge in [-0.05, 0) is 38.8 Å². The summed E-state index contributed by atoms with van der Waals surface area (Å²) < 4.78 is 0. The lowest BCUT2D eigenvalue weighted by atomic mass is 9.99. The number of hydrogen-bond acceptors (Lipinski definition) is 3. The predicted octanol–water partition coefficient (Wildman–Crippen LogP) is 0.950. The van der Waals surface area contributed by atoms with Gasteiger partial charge in [-0.1, -0.05) is 30.3 Å². The summed E-state index contributed by atoms with van der Waals surface area (Å²) in [5.74, 6) is -0.281. The molecule has 1 heterocycles. The quantitative estimate of drug-likeness (QED) is 0.756. The zero-order valence-corrected chi connectivity index (χ0v) is 12.6. The average Bonchev–Trinajstić information content (AvgIpc) is 2.94. The van der Waals surface area contributed by atoms with E-state index in [1.807, 2.05) is 37.3 Å². The molecule has 1 aromatic rings. The highest BCUT2D eigenvalue weighted by Gasteiger charge is 2.36. The van der Waals surface area contributed by atoms with Crippen LogP contribution >= 0.6 is 0 Å². The number of carbonyl (C=O) groups excluding carboxylic acids is 2. The average molecular weight is 289 g/mol. The van der Waals surface area contributed by atoms with Gasteiger partial charge in [-0.2, -0.15) is 0 Å². The highest BCUT2D eigenvalue weighted by molar-refractivity contribution is 5.91. The molecule has 0 saturated carbocycles. The van der Waals surface area contributed by atoms with Gasteiger partial charge in [0.2, 0.25) is 11.8 Å². The van der Waals surface area contributed by atoms with Gasteiger partial charge in [0, 0.05) is 6.54 Å². The lowest BCUT2D eigenvalue weighted by molar-refractivity contribution is -0.131. The van der Waals surface area contributed by atoms with Crippen molar-refractivity contribution >= 4 is 11.8 Å². The van der Waals surface area contributed by atoms with Gasteiger partial charge in [-0.15, -0.1) is 0 Å². The van der Waals surface area contributed by atoms with Crippen LogP contribution in [0.15, 0.2) is 30.3 Å². The van der Waals surface area contributed by atoms with E-state index in [2.05, 4.69) is 16.0 Å². The third kappa shape index (κ3) is 4.04. The van der Waals surface area contributed by atoms with Crippen LogP contribution in [0.3, 0.4) is 0 Å². The van der Waals surface area contributed by atoms with Crippen molar-refractivity contribution in [1.29, 1.82) is 0 Å². The molecule has 1 saturated heterocycles. The van der Waals surface area contributed by atoms with E-state index in [1.165, 1.54) is 0 Å². The largest absolute Gasteiger partial charge is 0.350 e. The van der Waals surface area contributed by atoms with Crippen molar-refractivity contribution in [1.82, 2.24) is 16.0 Å². The molecule has 0 spiro atoms. The number of carbonyl (C=O) groups is 2. The highest BCUT2D eigenvalue weighted by atomic mass is 16.2. The number of benzene rings is 1. The second-order valence-corrected chi connectivity index (χ2v) is 5.76. The van der Waals surface area contributed by atoms with Gasteiger partial charge in [0.25, 0.3) is 0 Å². The Kier molecular flexibility index (Phi) is 4.96. The Morgan fingerprint density at radius 2 is 2.05 bits per heavy atom. The van der Waals surface area contributed by atoms with Gasteiger partial charge >= 0.3 is 0 Å². The second kappa shape index (κ2) is 6.72. The molecule has 21 heavy (non-hydrogen) atoms. The van der Waals surface area contributed by atoms with Gasteiger partial charge in [-0.25, -0.2) is 0 Å². The zero-order chi connectivity index (χ0) is 15.3. The molecule has 5 nitrogen and oxygen atoms in total. The Labute approximate surface area is 125 Å². The summed E-state index contributed by atoms with van der Waals surface area (Å²) in [6.45, 7) is 4.90. The Balaban J connectivity index is 1.81. The van der Waals surface area contributed by atoms with Crippen LogP contribution < -0.4 is 16.0 Å². The molecule has 5 heteroatoms. The number of nitrogens with one attached hydrogen (secondary N) is 3. The van der Waals surface area contributed by atoms with Gasteiger partial charge in [0.1, 0.15) is 6.04 Å². The van der Waals surface area contributed by atoms with Crippen LogP contribution in [0.25, 0.3) is 0 Å². The molecule has 1 aliphatic heterocycles. The molecule has 1 aliphatic rings. The third-order valence-electron chi connectivity index (χ3n) is 3.92. The van der Waals surface area contributed by atoms with Gasteiger partial charge < -0.3 is 16.0 Å². The molecule has 0 aliphatic carbocycles. The van der Waals surface area contributed by atoms with Gasteiger partial charge in [-0.3, -0.25) is 9.59 Å². The van der Waals surface area contributed by atoms with E-state index in [-0.39, 0.29) is 11.8 Å². The number of rotatable bonds is 5. The smallest absolute Gasteiger partial charge is 0.242 e. The van der Waals surface area contributed by atoms with Crippen molar-refractivity contribution in [2.75, 3.05) is 6.54 Å². The molecule has 3 N–H and O–H groups in total. The van der Waals surface area contributed by atoms with Crippen molar-refractivity contribution in [3.63, 3.8) is 0 Å². The van der Waals surface area contributed by atoms with E-state index >= 15 is 0 Å². The monoisotopic (exact) mass is 289 g/mol. The van der Waals surface area contributed by atoms with E-state index in [4.69, 9.17) is 0 Å². The number of amides is 2. The molecule has 2 amide bonds. The first kappa shape index (κ1) is 15.5. The molecular weight excluding hydrogens is 266 g/mol. The maximum atomic E-state index is 12.2. The topological polar surface area (TPSA) is 70.2 Å². The van der Waals surface area contributed by atoms with Crippen LogP contribution in [0.4, 0.5) is 0 Å². The minimum atomic E-state index is -0.548. The fourth-order valence-corrected chi connectivity index (χ4v) is 2.45. The summed E-state index contributed by atoms with van der Waals surface area (Å²) in [4.78, 5) is 24.2. The summed E-state index contributed by atoms with van der Waals surface area (Å²) in [5.41, 5.74) is 0.488. The Morgan fingerprint density at radius 3 is 2.67 bits per heavy atom. The molecule has 1 aromatic carbocycles. The molecule has 0 radical (unpaired) electrons. The Morgan fingerprint density at radius 1 is 1.33 bits per heavy atom. The van der Waals surface area contributed by atoms with E-state index < -0.39 is 11.6 Å². The van der Waals surface area contributed by atoms with Crippen LogP contribution in [0.1, 0.15) is 32.3 Å². The standard InChI is InChI=1S/C16H23N3O2/c1-12(19-15(21)16(2)9-6-10-18-16)14(20)17-11-13-7-4-3-5-8-13/h3-5,7-8,12,18H,6,9-11H2,1-2H3,(H,17,20)(H,19,21)/t12-,16?/m1/s1. The van der Waals surface area contributed by atoms with Gasteiger partial charge in [0.15, 0.2) is 0 Å². The van der Waals surface area contributed by atoms with Crippen molar-refractivity contribution < 1.29 is 9.59 Å². The van der Waals surface area contributed by atoms with E-state index in [0.29, 0.717) is 6.54 Å². The molecule has 0 bridgehead atoms. The maximum absolute atomic E-state index is 12.2. The second-order valence-electron chi connectivity index (χ2n) is 5.76. The lowest BCUT2D eigenvalue weighted by Gasteiger charge is -2.25. The van der Waals surface area contributed by atoms with E-state index in [9.17, 15) is 9.59 Å². The maximum Gasteiger partial charge on any atom is 0.242 e. The SMILES string of the molecule is C[C@@H](NC(=O)C1(C)CCCN1)C(=O)NCc1ccccc1. The van der Waals surface area contributed by atoms with Crippen molar-refractivity contribution in [3.8, 4) is 0 Å². The minimum absolute atomic E-state index is 0.109. The third-order valence-corrected chi connectivity index (χ3v) is 3.92. The molecular formula is C16H23N3O2.